The Hall–Kier alpha value is -1.87. The van der Waals surface area contributed by atoms with Crippen LogP contribution in [0.25, 0.3) is 0 Å². The summed E-state index contributed by atoms with van der Waals surface area (Å²) >= 11 is 0. The molecule has 0 bridgehead atoms. The van der Waals surface area contributed by atoms with Gasteiger partial charge in [0.25, 0.3) is 0 Å². The fourth-order valence-corrected chi connectivity index (χ4v) is 1.60. The Bertz CT molecular complexity index is 430. The number of hydrogen-bond donors (Lipinski definition) is 1. The van der Waals surface area contributed by atoms with Crippen LogP contribution in [-0.4, -0.2) is 17.6 Å². The number of nitrogens with two attached hydrogens (primary N) is 1. The van der Waals surface area contributed by atoms with Crippen LogP contribution in [0.2, 0.25) is 0 Å². The van der Waals surface area contributed by atoms with Crippen molar-refractivity contribution in [1.82, 2.24) is 4.98 Å². The Morgan fingerprint density at radius 1 is 1.12 bits per heavy atom. The van der Waals surface area contributed by atoms with Crippen molar-refractivity contribution in [2.45, 2.75) is 12.5 Å². The van der Waals surface area contributed by atoms with Crippen LogP contribution < -0.4 is 10.5 Å². The Kier molecular flexibility index (Phi) is 4.11. The molecule has 0 saturated carbocycles. The van der Waals surface area contributed by atoms with Crippen molar-refractivity contribution in [3.05, 3.63) is 60.4 Å². The van der Waals surface area contributed by atoms with Crippen molar-refractivity contribution < 1.29 is 4.74 Å². The zero-order valence-electron chi connectivity index (χ0n) is 9.62. The Morgan fingerprint density at radius 2 is 1.94 bits per heavy atom. The standard InChI is InChI=1S/C14H16N2O/c15-13(9-12-5-4-8-16-10-12)11-17-14-6-2-1-3-7-14/h1-8,10,13H,9,11,15H2. The minimum atomic E-state index is -0.0144. The quantitative estimate of drug-likeness (QED) is 0.851. The van der Waals surface area contributed by atoms with E-state index in [1.165, 1.54) is 0 Å². The normalized spacial score (nSPS) is 12.1. The fourth-order valence-electron chi connectivity index (χ4n) is 1.60. The molecule has 0 amide bonds. The summed E-state index contributed by atoms with van der Waals surface area (Å²) in [5.41, 5.74) is 7.14. The molecule has 0 spiro atoms. The highest BCUT2D eigenvalue weighted by Crippen LogP contribution is 2.09. The van der Waals surface area contributed by atoms with Crippen LogP contribution in [0.3, 0.4) is 0 Å². The number of aromatic nitrogens is 1. The summed E-state index contributed by atoms with van der Waals surface area (Å²) in [6.45, 7) is 0.513. The first kappa shape index (κ1) is 11.6. The molecule has 88 valence electrons. The van der Waals surface area contributed by atoms with E-state index < -0.39 is 0 Å². The van der Waals surface area contributed by atoms with E-state index in [4.69, 9.17) is 10.5 Å². The lowest BCUT2D eigenvalue weighted by Crippen LogP contribution is -2.30. The van der Waals surface area contributed by atoms with Gasteiger partial charge in [0.2, 0.25) is 0 Å². The third kappa shape index (κ3) is 3.89. The van der Waals surface area contributed by atoms with Gasteiger partial charge in [0.05, 0.1) is 0 Å². The molecule has 1 aromatic heterocycles. The second kappa shape index (κ2) is 6.01. The van der Waals surface area contributed by atoms with Gasteiger partial charge in [-0.05, 0) is 30.2 Å². The molecule has 3 nitrogen and oxygen atoms in total. The van der Waals surface area contributed by atoms with Gasteiger partial charge in [0.15, 0.2) is 0 Å². The minimum absolute atomic E-state index is 0.0144. The van der Waals surface area contributed by atoms with E-state index in [0.717, 1.165) is 17.7 Å². The molecule has 0 aliphatic rings. The molecule has 3 heteroatoms. The van der Waals surface area contributed by atoms with Gasteiger partial charge in [-0.15, -0.1) is 0 Å². The predicted octanol–water partition coefficient (Wildman–Crippen LogP) is 2.03. The maximum absolute atomic E-state index is 6.00. The highest BCUT2D eigenvalue weighted by Gasteiger charge is 2.05. The third-order valence-electron chi connectivity index (χ3n) is 2.43. The molecular formula is C14H16N2O. The molecule has 2 N–H and O–H groups in total. The zero-order valence-corrected chi connectivity index (χ0v) is 9.62. The number of rotatable bonds is 5. The van der Waals surface area contributed by atoms with E-state index in [1.807, 2.05) is 48.7 Å². The van der Waals surface area contributed by atoms with Gasteiger partial charge < -0.3 is 10.5 Å². The highest BCUT2D eigenvalue weighted by atomic mass is 16.5. The third-order valence-corrected chi connectivity index (χ3v) is 2.43. The molecular weight excluding hydrogens is 212 g/mol. The van der Waals surface area contributed by atoms with Crippen LogP contribution in [0, 0.1) is 0 Å². The average molecular weight is 228 g/mol. The van der Waals surface area contributed by atoms with Crippen LogP contribution in [0.4, 0.5) is 0 Å². The molecule has 1 aromatic carbocycles. The summed E-state index contributed by atoms with van der Waals surface area (Å²) < 4.78 is 5.59. The molecule has 0 aliphatic carbocycles. The van der Waals surface area contributed by atoms with Crippen molar-refractivity contribution in [2.75, 3.05) is 6.61 Å². The molecule has 2 rings (SSSR count). The summed E-state index contributed by atoms with van der Waals surface area (Å²) in [5.74, 6) is 0.856. The molecule has 0 fully saturated rings. The van der Waals surface area contributed by atoms with Crippen molar-refractivity contribution in [2.24, 2.45) is 5.73 Å². The largest absolute Gasteiger partial charge is 0.492 e. The van der Waals surface area contributed by atoms with E-state index in [9.17, 15) is 0 Å². The second-order valence-corrected chi connectivity index (χ2v) is 3.95. The van der Waals surface area contributed by atoms with Gasteiger partial charge in [-0.25, -0.2) is 0 Å². The number of ether oxygens (including phenoxy) is 1. The number of benzene rings is 1. The topological polar surface area (TPSA) is 48.1 Å². The van der Waals surface area contributed by atoms with E-state index in [0.29, 0.717) is 6.61 Å². The first-order chi connectivity index (χ1) is 8.34. The fraction of sp³-hybridized carbons (Fsp3) is 0.214. The lowest BCUT2D eigenvalue weighted by Gasteiger charge is -2.12. The molecule has 0 radical (unpaired) electrons. The number of para-hydroxylation sites is 1. The highest BCUT2D eigenvalue weighted by molar-refractivity contribution is 5.21. The molecule has 0 aliphatic heterocycles. The summed E-state index contributed by atoms with van der Waals surface area (Å²) in [4.78, 5) is 4.06. The van der Waals surface area contributed by atoms with Gasteiger partial charge in [0, 0.05) is 18.4 Å². The van der Waals surface area contributed by atoms with Crippen molar-refractivity contribution in [1.29, 1.82) is 0 Å². The average Bonchev–Trinajstić information content (AvgIpc) is 2.39. The minimum Gasteiger partial charge on any atom is -0.492 e. The SMILES string of the molecule is NC(COc1ccccc1)Cc1cccnc1. The first-order valence-electron chi connectivity index (χ1n) is 5.67. The summed E-state index contributed by atoms with van der Waals surface area (Å²) in [6, 6.07) is 13.6. The van der Waals surface area contributed by atoms with Gasteiger partial charge in [-0.3, -0.25) is 4.98 Å². The number of pyridine rings is 1. The Morgan fingerprint density at radius 3 is 2.65 bits per heavy atom. The van der Waals surface area contributed by atoms with E-state index in [2.05, 4.69) is 4.98 Å². The molecule has 0 saturated heterocycles. The van der Waals surface area contributed by atoms with Crippen LogP contribution in [-0.2, 0) is 6.42 Å². The van der Waals surface area contributed by atoms with Gasteiger partial charge in [-0.2, -0.15) is 0 Å². The first-order valence-corrected chi connectivity index (χ1v) is 5.67. The van der Waals surface area contributed by atoms with E-state index in [1.54, 1.807) is 6.20 Å². The van der Waals surface area contributed by atoms with Crippen molar-refractivity contribution in [3.63, 3.8) is 0 Å². The van der Waals surface area contributed by atoms with Gasteiger partial charge in [0.1, 0.15) is 12.4 Å². The van der Waals surface area contributed by atoms with Crippen LogP contribution >= 0.6 is 0 Å². The Balaban J connectivity index is 1.80. The van der Waals surface area contributed by atoms with Gasteiger partial charge >= 0.3 is 0 Å². The second-order valence-electron chi connectivity index (χ2n) is 3.95. The smallest absolute Gasteiger partial charge is 0.119 e. The van der Waals surface area contributed by atoms with Crippen LogP contribution in [0.1, 0.15) is 5.56 Å². The maximum atomic E-state index is 6.00. The van der Waals surface area contributed by atoms with Crippen molar-refractivity contribution in [3.8, 4) is 5.75 Å². The molecule has 1 unspecified atom stereocenters. The molecule has 17 heavy (non-hydrogen) atoms. The Labute approximate surface area is 101 Å². The summed E-state index contributed by atoms with van der Waals surface area (Å²) in [5, 5.41) is 0. The lowest BCUT2D eigenvalue weighted by atomic mass is 10.1. The van der Waals surface area contributed by atoms with Crippen LogP contribution in [0.15, 0.2) is 54.9 Å². The summed E-state index contributed by atoms with van der Waals surface area (Å²) in [7, 11) is 0. The van der Waals surface area contributed by atoms with Gasteiger partial charge in [-0.1, -0.05) is 24.3 Å². The molecule has 1 atom stereocenters. The monoisotopic (exact) mass is 228 g/mol. The molecule has 2 aromatic rings. The van der Waals surface area contributed by atoms with Crippen LogP contribution in [0.5, 0.6) is 5.75 Å². The zero-order chi connectivity index (χ0) is 11.9. The number of hydrogen-bond acceptors (Lipinski definition) is 3. The van der Waals surface area contributed by atoms with E-state index >= 15 is 0 Å². The van der Waals surface area contributed by atoms with Crippen molar-refractivity contribution >= 4 is 0 Å². The molecule has 1 heterocycles. The maximum Gasteiger partial charge on any atom is 0.119 e. The predicted molar refractivity (Wildman–Crippen MR) is 67.9 cm³/mol. The van der Waals surface area contributed by atoms with E-state index in [-0.39, 0.29) is 6.04 Å². The summed E-state index contributed by atoms with van der Waals surface area (Å²) in [6.07, 6.45) is 4.37. The number of nitrogens with zero attached hydrogens (tertiary/aromatic N) is 1. The lowest BCUT2D eigenvalue weighted by molar-refractivity contribution is 0.287.